The van der Waals surface area contributed by atoms with Crippen LogP contribution < -0.4 is 5.32 Å². The van der Waals surface area contributed by atoms with E-state index in [1.165, 1.54) is 12.8 Å². The molecule has 1 aromatic rings. The van der Waals surface area contributed by atoms with E-state index in [4.69, 9.17) is 0 Å². The molecule has 0 aromatic heterocycles. The summed E-state index contributed by atoms with van der Waals surface area (Å²) in [5.41, 5.74) is 1.07. The molecule has 98 valence electrons. The maximum Gasteiger partial charge on any atom is 0.137 e. The Kier molecular flexibility index (Phi) is 3.68. The molecule has 0 bridgehead atoms. The van der Waals surface area contributed by atoms with Gasteiger partial charge in [-0.05, 0) is 65.5 Å². The van der Waals surface area contributed by atoms with Crippen LogP contribution in [0.25, 0.3) is 0 Å². The molecular formula is C14H18BrFN2. The van der Waals surface area contributed by atoms with Gasteiger partial charge in [-0.2, -0.15) is 0 Å². The van der Waals surface area contributed by atoms with Crippen molar-refractivity contribution in [2.75, 3.05) is 19.6 Å². The Balaban J connectivity index is 1.73. The third-order valence-corrected chi connectivity index (χ3v) is 4.81. The van der Waals surface area contributed by atoms with E-state index >= 15 is 0 Å². The van der Waals surface area contributed by atoms with Crippen molar-refractivity contribution in [1.82, 2.24) is 10.2 Å². The fourth-order valence-electron chi connectivity index (χ4n) is 3.23. The third-order valence-electron chi connectivity index (χ3n) is 4.16. The van der Waals surface area contributed by atoms with Crippen molar-refractivity contribution < 1.29 is 4.39 Å². The lowest BCUT2D eigenvalue weighted by atomic mass is 9.91. The Morgan fingerprint density at radius 2 is 2.28 bits per heavy atom. The number of benzene rings is 1. The van der Waals surface area contributed by atoms with Gasteiger partial charge in [-0.3, -0.25) is 4.90 Å². The molecule has 2 atom stereocenters. The summed E-state index contributed by atoms with van der Waals surface area (Å²) < 4.78 is 14.1. The van der Waals surface area contributed by atoms with Crippen molar-refractivity contribution >= 4 is 15.9 Å². The normalized spacial score (nSPS) is 28.3. The first-order valence-corrected chi connectivity index (χ1v) is 7.42. The predicted molar refractivity (Wildman–Crippen MR) is 73.9 cm³/mol. The summed E-state index contributed by atoms with van der Waals surface area (Å²) in [5.74, 6) is 0.629. The Morgan fingerprint density at radius 1 is 1.39 bits per heavy atom. The largest absolute Gasteiger partial charge is 0.315 e. The van der Waals surface area contributed by atoms with E-state index in [9.17, 15) is 4.39 Å². The Labute approximate surface area is 116 Å². The van der Waals surface area contributed by atoms with E-state index in [0.29, 0.717) is 10.5 Å². The molecule has 3 rings (SSSR count). The van der Waals surface area contributed by atoms with Gasteiger partial charge in [-0.1, -0.05) is 6.07 Å². The minimum absolute atomic E-state index is 0.161. The zero-order chi connectivity index (χ0) is 12.5. The molecule has 2 heterocycles. The molecular weight excluding hydrogens is 295 g/mol. The van der Waals surface area contributed by atoms with E-state index in [1.54, 1.807) is 12.1 Å². The van der Waals surface area contributed by atoms with Crippen molar-refractivity contribution in [3.05, 3.63) is 34.1 Å². The summed E-state index contributed by atoms with van der Waals surface area (Å²) in [6.07, 6.45) is 2.60. The molecule has 1 N–H and O–H groups in total. The molecule has 2 nitrogen and oxygen atoms in total. The Hall–Kier alpha value is -0.450. The van der Waals surface area contributed by atoms with Crippen LogP contribution in [0.15, 0.2) is 22.7 Å². The van der Waals surface area contributed by atoms with Gasteiger partial charge in [-0.15, -0.1) is 0 Å². The third kappa shape index (κ3) is 2.46. The summed E-state index contributed by atoms with van der Waals surface area (Å²) in [5, 5.41) is 3.48. The molecule has 0 amide bonds. The van der Waals surface area contributed by atoms with Crippen LogP contribution in [0.4, 0.5) is 4.39 Å². The van der Waals surface area contributed by atoms with Gasteiger partial charge in [0.05, 0.1) is 4.47 Å². The number of rotatable bonds is 2. The Morgan fingerprint density at radius 3 is 3.11 bits per heavy atom. The fourth-order valence-corrected chi connectivity index (χ4v) is 3.48. The summed E-state index contributed by atoms with van der Waals surface area (Å²) in [4.78, 5) is 2.51. The minimum atomic E-state index is -0.161. The van der Waals surface area contributed by atoms with Gasteiger partial charge >= 0.3 is 0 Å². The molecule has 18 heavy (non-hydrogen) atoms. The van der Waals surface area contributed by atoms with E-state index in [0.717, 1.165) is 37.7 Å². The molecule has 1 aromatic carbocycles. The van der Waals surface area contributed by atoms with Crippen LogP contribution in [-0.2, 0) is 6.54 Å². The molecule has 0 spiro atoms. The lowest BCUT2D eigenvalue weighted by Gasteiger charge is -2.37. The highest BCUT2D eigenvalue weighted by atomic mass is 79.9. The van der Waals surface area contributed by atoms with Gasteiger partial charge in [0.2, 0.25) is 0 Å². The molecule has 0 radical (unpaired) electrons. The standard InChI is InChI=1S/C14H18BrFN2/c15-12-4-3-10(6-13(12)16)9-18-5-1-2-11-7-17-8-14(11)18/h3-4,6,11,14,17H,1-2,5,7-9H2. The zero-order valence-corrected chi connectivity index (χ0v) is 11.9. The van der Waals surface area contributed by atoms with Crippen molar-refractivity contribution in [3.8, 4) is 0 Å². The van der Waals surface area contributed by atoms with Crippen LogP contribution in [0.2, 0.25) is 0 Å². The molecule has 2 aliphatic rings. The average molecular weight is 313 g/mol. The molecule has 2 unspecified atom stereocenters. The number of nitrogens with zero attached hydrogens (tertiary/aromatic N) is 1. The first kappa shape index (κ1) is 12.6. The fraction of sp³-hybridized carbons (Fsp3) is 0.571. The number of likely N-dealkylation sites (tertiary alicyclic amines) is 1. The maximum atomic E-state index is 13.5. The van der Waals surface area contributed by atoms with Crippen LogP contribution in [0.1, 0.15) is 18.4 Å². The van der Waals surface area contributed by atoms with Crippen LogP contribution in [0, 0.1) is 11.7 Å². The number of hydrogen-bond donors (Lipinski definition) is 1. The number of fused-ring (bicyclic) bond motifs is 1. The summed E-state index contributed by atoms with van der Waals surface area (Å²) in [7, 11) is 0. The molecule has 0 aliphatic carbocycles. The molecule has 2 saturated heterocycles. The predicted octanol–water partition coefficient (Wildman–Crippen LogP) is 2.77. The number of hydrogen-bond acceptors (Lipinski definition) is 2. The summed E-state index contributed by atoms with van der Waals surface area (Å²) >= 11 is 3.20. The number of piperidine rings is 1. The van der Waals surface area contributed by atoms with E-state index in [-0.39, 0.29) is 5.82 Å². The second-order valence-electron chi connectivity index (χ2n) is 5.35. The van der Waals surface area contributed by atoms with Crippen molar-refractivity contribution in [3.63, 3.8) is 0 Å². The van der Waals surface area contributed by atoms with Crippen molar-refractivity contribution in [2.45, 2.75) is 25.4 Å². The molecule has 0 saturated carbocycles. The van der Waals surface area contributed by atoms with Crippen LogP contribution in [0.3, 0.4) is 0 Å². The topological polar surface area (TPSA) is 15.3 Å². The van der Waals surface area contributed by atoms with E-state index in [2.05, 4.69) is 26.1 Å². The highest BCUT2D eigenvalue weighted by molar-refractivity contribution is 9.10. The number of nitrogens with one attached hydrogen (secondary N) is 1. The number of halogens is 2. The highest BCUT2D eigenvalue weighted by Crippen LogP contribution is 2.28. The first-order chi connectivity index (χ1) is 8.74. The van der Waals surface area contributed by atoms with Gasteiger partial charge in [0.15, 0.2) is 0 Å². The van der Waals surface area contributed by atoms with Crippen LogP contribution in [0.5, 0.6) is 0 Å². The van der Waals surface area contributed by atoms with E-state index < -0.39 is 0 Å². The van der Waals surface area contributed by atoms with Crippen LogP contribution >= 0.6 is 15.9 Å². The van der Waals surface area contributed by atoms with E-state index in [1.807, 2.05) is 6.07 Å². The lowest BCUT2D eigenvalue weighted by Crippen LogP contribution is -2.44. The summed E-state index contributed by atoms with van der Waals surface area (Å²) in [6, 6.07) is 6.11. The summed E-state index contributed by atoms with van der Waals surface area (Å²) in [6.45, 7) is 4.24. The van der Waals surface area contributed by atoms with Gasteiger partial charge in [0.25, 0.3) is 0 Å². The van der Waals surface area contributed by atoms with Gasteiger partial charge in [0, 0.05) is 19.1 Å². The van der Waals surface area contributed by atoms with Gasteiger partial charge in [-0.25, -0.2) is 4.39 Å². The smallest absolute Gasteiger partial charge is 0.137 e. The van der Waals surface area contributed by atoms with Crippen molar-refractivity contribution in [2.24, 2.45) is 5.92 Å². The zero-order valence-electron chi connectivity index (χ0n) is 10.3. The minimum Gasteiger partial charge on any atom is -0.315 e. The molecule has 4 heteroatoms. The monoisotopic (exact) mass is 312 g/mol. The first-order valence-electron chi connectivity index (χ1n) is 6.63. The maximum absolute atomic E-state index is 13.5. The quantitative estimate of drug-likeness (QED) is 0.903. The van der Waals surface area contributed by atoms with Crippen molar-refractivity contribution in [1.29, 1.82) is 0 Å². The van der Waals surface area contributed by atoms with Crippen LogP contribution in [-0.4, -0.2) is 30.6 Å². The second kappa shape index (κ2) is 5.27. The van der Waals surface area contributed by atoms with Gasteiger partial charge < -0.3 is 5.32 Å². The average Bonchev–Trinajstić information content (AvgIpc) is 2.83. The lowest BCUT2D eigenvalue weighted by molar-refractivity contribution is 0.117. The Bertz CT molecular complexity index is 438. The second-order valence-corrected chi connectivity index (χ2v) is 6.20. The molecule has 2 fully saturated rings. The molecule has 2 aliphatic heterocycles. The highest BCUT2D eigenvalue weighted by Gasteiger charge is 2.34. The SMILES string of the molecule is Fc1cc(CN2CCCC3CNCC32)ccc1Br. The van der Waals surface area contributed by atoms with Gasteiger partial charge in [0.1, 0.15) is 5.82 Å².